The van der Waals surface area contributed by atoms with Crippen LogP contribution < -0.4 is 10.3 Å². The number of benzene rings is 1. The van der Waals surface area contributed by atoms with Gasteiger partial charge in [0.1, 0.15) is 0 Å². The third kappa shape index (κ3) is 4.82. The Kier molecular flexibility index (Phi) is 5.51. The van der Waals surface area contributed by atoms with Crippen LogP contribution in [0.3, 0.4) is 0 Å². The van der Waals surface area contributed by atoms with Gasteiger partial charge in [-0.3, -0.25) is 4.79 Å². The lowest BCUT2D eigenvalue weighted by atomic mass is 10.1. The van der Waals surface area contributed by atoms with Gasteiger partial charge in [-0.2, -0.15) is 0 Å². The fraction of sp³-hybridized carbons (Fsp3) is 0.312. The van der Waals surface area contributed by atoms with Gasteiger partial charge >= 0.3 is 0 Å². The second-order valence-electron chi connectivity index (χ2n) is 5.17. The Labute approximate surface area is 130 Å². The summed E-state index contributed by atoms with van der Waals surface area (Å²) in [4.78, 5) is 11.5. The topological polar surface area (TPSA) is 68.2 Å². The van der Waals surface area contributed by atoms with E-state index in [1.54, 1.807) is 22.9 Å². The van der Waals surface area contributed by atoms with Gasteiger partial charge < -0.3 is 4.57 Å². The van der Waals surface area contributed by atoms with Crippen molar-refractivity contribution in [2.45, 2.75) is 25.6 Å². The first-order chi connectivity index (χ1) is 10.5. The summed E-state index contributed by atoms with van der Waals surface area (Å²) >= 11 is 0. The van der Waals surface area contributed by atoms with Crippen molar-refractivity contribution in [3.63, 3.8) is 0 Å². The largest absolute Gasteiger partial charge is 0.315 e. The summed E-state index contributed by atoms with van der Waals surface area (Å²) in [6, 6.07) is 12.4. The molecule has 0 unspecified atom stereocenters. The van der Waals surface area contributed by atoms with E-state index in [-0.39, 0.29) is 11.3 Å². The molecule has 2 rings (SSSR count). The van der Waals surface area contributed by atoms with Crippen LogP contribution in [0, 0.1) is 6.92 Å². The first-order valence-electron chi connectivity index (χ1n) is 7.15. The van der Waals surface area contributed by atoms with Crippen LogP contribution >= 0.6 is 0 Å². The van der Waals surface area contributed by atoms with E-state index in [4.69, 9.17) is 0 Å². The zero-order valence-electron chi connectivity index (χ0n) is 12.5. The molecule has 0 atom stereocenters. The van der Waals surface area contributed by atoms with Crippen LogP contribution in [0.2, 0.25) is 0 Å². The summed E-state index contributed by atoms with van der Waals surface area (Å²) in [5.74, 6) is -0.0229. The van der Waals surface area contributed by atoms with Gasteiger partial charge in [-0.25, -0.2) is 13.1 Å². The molecule has 118 valence electrons. The van der Waals surface area contributed by atoms with Crippen LogP contribution in [0.25, 0.3) is 0 Å². The van der Waals surface area contributed by atoms with Crippen LogP contribution in [0.4, 0.5) is 0 Å². The van der Waals surface area contributed by atoms with Crippen LogP contribution in [0.15, 0.2) is 53.5 Å². The normalized spacial score (nSPS) is 11.5. The minimum atomic E-state index is -3.36. The minimum absolute atomic E-state index is 0.0229. The molecular formula is C16H20N2O3S. The Balaban J connectivity index is 1.85. The van der Waals surface area contributed by atoms with Crippen LogP contribution in [-0.4, -0.2) is 19.5 Å². The fourth-order valence-electron chi connectivity index (χ4n) is 2.15. The van der Waals surface area contributed by atoms with Gasteiger partial charge in [0, 0.05) is 25.4 Å². The number of nitrogens with one attached hydrogen (secondary N) is 1. The molecule has 1 N–H and O–H groups in total. The van der Waals surface area contributed by atoms with Crippen LogP contribution in [0.1, 0.15) is 17.5 Å². The first kappa shape index (κ1) is 16.5. The summed E-state index contributed by atoms with van der Waals surface area (Å²) in [7, 11) is -3.36. The molecule has 0 aliphatic heterocycles. The molecule has 0 fully saturated rings. The lowest BCUT2D eigenvalue weighted by Crippen LogP contribution is -2.28. The molecule has 5 nitrogen and oxygen atoms in total. The molecule has 0 saturated carbocycles. The zero-order valence-corrected chi connectivity index (χ0v) is 13.3. The number of aryl methyl sites for hydroxylation is 2. The van der Waals surface area contributed by atoms with E-state index >= 15 is 0 Å². The van der Waals surface area contributed by atoms with Gasteiger partial charge in [0.25, 0.3) is 0 Å². The van der Waals surface area contributed by atoms with Crippen molar-refractivity contribution < 1.29 is 8.42 Å². The third-order valence-corrected chi connectivity index (χ3v) is 4.74. The van der Waals surface area contributed by atoms with Crippen molar-refractivity contribution >= 4 is 10.0 Å². The standard InChI is InChI=1S/C16H20N2O3S/c1-14-7-2-3-8-15(14)13-22(20,21)17-10-6-12-18-11-5-4-9-16(18)19/h2-5,7-9,11,17H,6,10,12-13H2,1H3. The number of sulfonamides is 1. The smallest absolute Gasteiger partial charge is 0.250 e. The zero-order chi connectivity index (χ0) is 16.0. The van der Waals surface area contributed by atoms with E-state index in [2.05, 4.69) is 4.72 Å². The molecule has 2 aromatic rings. The Morgan fingerprint density at radius 2 is 1.82 bits per heavy atom. The summed E-state index contributed by atoms with van der Waals surface area (Å²) in [6.07, 6.45) is 2.26. The molecule has 1 aromatic heterocycles. The molecule has 1 heterocycles. The maximum atomic E-state index is 12.1. The molecule has 0 aliphatic rings. The van der Waals surface area contributed by atoms with E-state index in [1.807, 2.05) is 31.2 Å². The van der Waals surface area contributed by atoms with Gasteiger partial charge in [-0.15, -0.1) is 0 Å². The second kappa shape index (κ2) is 7.38. The Morgan fingerprint density at radius 3 is 2.55 bits per heavy atom. The Bertz CT molecular complexity index is 782. The molecule has 0 amide bonds. The van der Waals surface area contributed by atoms with Gasteiger partial charge in [-0.05, 0) is 30.5 Å². The second-order valence-corrected chi connectivity index (χ2v) is 6.97. The number of pyridine rings is 1. The van der Waals surface area contributed by atoms with E-state index < -0.39 is 10.0 Å². The highest BCUT2D eigenvalue weighted by Gasteiger charge is 2.12. The molecule has 0 bridgehead atoms. The summed E-state index contributed by atoms with van der Waals surface area (Å²) in [5.41, 5.74) is 1.68. The highest BCUT2D eigenvalue weighted by atomic mass is 32.2. The average Bonchev–Trinajstić information content (AvgIpc) is 2.47. The first-order valence-corrected chi connectivity index (χ1v) is 8.80. The van der Waals surface area contributed by atoms with Gasteiger partial charge in [-0.1, -0.05) is 30.3 Å². The molecule has 0 spiro atoms. The highest BCUT2D eigenvalue weighted by molar-refractivity contribution is 7.88. The van der Waals surface area contributed by atoms with Gasteiger partial charge in [0.2, 0.25) is 15.6 Å². The molecule has 0 aliphatic carbocycles. The SMILES string of the molecule is Cc1ccccc1CS(=O)(=O)NCCCn1ccccc1=O. The summed E-state index contributed by atoms with van der Waals surface area (Å²) < 4.78 is 28.2. The lowest BCUT2D eigenvalue weighted by Gasteiger charge is -2.09. The van der Waals surface area contributed by atoms with Crippen molar-refractivity contribution in [2.24, 2.45) is 0 Å². The quantitative estimate of drug-likeness (QED) is 0.789. The molecule has 22 heavy (non-hydrogen) atoms. The van der Waals surface area contributed by atoms with Gasteiger partial charge in [0.15, 0.2) is 0 Å². The van der Waals surface area contributed by atoms with Crippen molar-refractivity contribution in [3.8, 4) is 0 Å². The summed E-state index contributed by atoms with van der Waals surface area (Å²) in [5, 5.41) is 0. The molecular weight excluding hydrogens is 300 g/mol. The molecule has 6 heteroatoms. The molecule has 1 aromatic carbocycles. The number of nitrogens with zero attached hydrogens (tertiary/aromatic N) is 1. The molecule has 0 saturated heterocycles. The number of hydrogen-bond acceptors (Lipinski definition) is 3. The van der Waals surface area contributed by atoms with Crippen LogP contribution in [-0.2, 0) is 22.3 Å². The number of hydrogen-bond donors (Lipinski definition) is 1. The maximum Gasteiger partial charge on any atom is 0.250 e. The summed E-state index contributed by atoms with van der Waals surface area (Å²) in [6.45, 7) is 2.70. The lowest BCUT2D eigenvalue weighted by molar-refractivity contribution is 0.566. The van der Waals surface area contributed by atoms with Crippen LogP contribution in [0.5, 0.6) is 0 Å². The van der Waals surface area contributed by atoms with E-state index in [0.717, 1.165) is 11.1 Å². The number of aromatic nitrogens is 1. The fourth-order valence-corrected chi connectivity index (χ4v) is 3.44. The van der Waals surface area contributed by atoms with Crippen molar-refractivity contribution in [2.75, 3.05) is 6.54 Å². The predicted molar refractivity (Wildman–Crippen MR) is 87.1 cm³/mol. The van der Waals surface area contributed by atoms with E-state index in [0.29, 0.717) is 19.5 Å². The number of rotatable bonds is 7. The van der Waals surface area contributed by atoms with Crippen molar-refractivity contribution in [3.05, 3.63) is 70.1 Å². The third-order valence-electron chi connectivity index (χ3n) is 3.40. The van der Waals surface area contributed by atoms with E-state index in [1.165, 1.54) is 6.07 Å². The van der Waals surface area contributed by atoms with Crippen molar-refractivity contribution in [1.82, 2.24) is 9.29 Å². The Morgan fingerprint density at radius 1 is 1.09 bits per heavy atom. The monoisotopic (exact) mass is 320 g/mol. The van der Waals surface area contributed by atoms with Crippen molar-refractivity contribution in [1.29, 1.82) is 0 Å². The predicted octanol–water partition coefficient (Wildman–Crippen LogP) is 1.67. The molecule has 0 radical (unpaired) electrons. The maximum absolute atomic E-state index is 12.1. The minimum Gasteiger partial charge on any atom is -0.315 e. The Hall–Kier alpha value is -1.92. The highest BCUT2D eigenvalue weighted by Crippen LogP contribution is 2.10. The van der Waals surface area contributed by atoms with Gasteiger partial charge in [0.05, 0.1) is 5.75 Å². The average molecular weight is 320 g/mol. The van der Waals surface area contributed by atoms with E-state index in [9.17, 15) is 13.2 Å².